The molecule has 4 nitrogen and oxygen atoms in total. The number of hydrogen-bond donors (Lipinski definition) is 0. The molecule has 0 saturated carbocycles. The van der Waals surface area contributed by atoms with Gasteiger partial charge in [0, 0.05) is 24.7 Å². The fourth-order valence-corrected chi connectivity index (χ4v) is 2.44. The van der Waals surface area contributed by atoms with Crippen molar-refractivity contribution in [1.29, 1.82) is 0 Å². The van der Waals surface area contributed by atoms with E-state index in [0.717, 1.165) is 61.4 Å². The maximum Gasteiger partial charge on any atom is 0.120 e. The highest BCUT2D eigenvalue weighted by atomic mass is 35.5. The Morgan fingerprint density at radius 3 is 2.43 bits per heavy atom. The molecule has 1 heterocycles. The maximum atomic E-state index is 6.13. The standard InChI is InChI=1S/C16H24ClNO3/c1-13-11-15(12-14(2)16(13)17)21-10-9-20-8-5-18-3-6-19-7-4-18/h11-12H,3-10H2,1-2H3. The smallest absolute Gasteiger partial charge is 0.120 e. The molecule has 1 aromatic carbocycles. The molecule has 0 aliphatic carbocycles. The van der Waals surface area contributed by atoms with Crippen LogP contribution in [-0.2, 0) is 9.47 Å². The topological polar surface area (TPSA) is 30.9 Å². The number of benzene rings is 1. The SMILES string of the molecule is Cc1cc(OCCOCCN2CCOCC2)cc(C)c1Cl. The number of hydrogen-bond acceptors (Lipinski definition) is 4. The molecule has 0 N–H and O–H groups in total. The van der Waals surface area contributed by atoms with Gasteiger partial charge in [0.2, 0.25) is 0 Å². The molecule has 1 aliphatic rings. The first-order valence-electron chi connectivity index (χ1n) is 7.44. The molecule has 0 unspecified atom stereocenters. The number of halogens is 1. The maximum absolute atomic E-state index is 6.13. The minimum Gasteiger partial charge on any atom is -0.491 e. The third-order valence-corrected chi connectivity index (χ3v) is 4.16. The van der Waals surface area contributed by atoms with Crippen molar-refractivity contribution in [3.8, 4) is 5.75 Å². The van der Waals surface area contributed by atoms with E-state index in [1.165, 1.54) is 0 Å². The molecule has 1 fully saturated rings. The summed E-state index contributed by atoms with van der Waals surface area (Å²) in [5, 5.41) is 0.809. The third-order valence-electron chi connectivity index (χ3n) is 3.56. The molecular formula is C16H24ClNO3. The predicted octanol–water partition coefficient (Wildman–Crippen LogP) is 2.68. The summed E-state index contributed by atoms with van der Waals surface area (Å²) in [6.07, 6.45) is 0. The molecule has 0 aromatic heterocycles. The third kappa shape index (κ3) is 5.47. The molecule has 21 heavy (non-hydrogen) atoms. The molecule has 1 aromatic rings. The molecule has 0 bridgehead atoms. The van der Waals surface area contributed by atoms with E-state index in [1.807, 2.05) is 26.0 Å². The van der Waals surface area contributed by atoms with Gasteiger partial charge in [0.15, 0.2) is 0 Å². The fourth-order valence-electron chi connectivity index (χ4n) is 2.33. The van der Waals surface area contributed by atoms with E-state index in [1.54, 1.807) is 0 Å². The summed E-state index contributed by atoms with van der Waals surface area (Å²) in [6, 6.07) is 3.92. The van der Waals surface area contributed by atoms with Crippen LogP contribution in [0.15, 0.2) is 12.1 Å². The first-order chi connectivity index (χ1) is 10.2. The number of morpholine rings is 1. The van der Waals surface area contributed by atoms with E-state index in [9.17, 15) is 0 Å². The van der Waals surface area contributed by atoms with Crippen molar-refractivity contribution in [2.24, 2.45) is 0 Å². The number of nitrogens with zero attached hydrogens (tertiary/aromatic N) is 1. The lowest BCUT2D eigenvalue weighted by Crippen LogP contribution is -2.38. The highest BCUT2D eigenvalue weighted by Crippen LogP contribution is 2.25. The molecule has 2 rings (SSSR count). The summed E-state index contributed by atoms with van der Waals surface area (Å²) < 4.78 is 16.6. The lowest BCUT2D eigenvalue weighted by molar-refractivity contribution is 0.0170. The first-order valence-corrected chi connectivity index (χ1v) is 7.82. The molecule has 0 amide bonds. The van der Waals surface area contributed by atoms with Crippen molar-refractivity contribution in [2.45, 2.75) is 13.8 Å². The van der Waals surface area contributed by atoms with E-state index < -0.39 is 0 Å². The molecule has 0 atom stereocenters. The Kier molecular flexibility index (Phi) is 6.77. The van der Waals surface area contributed by atoms with Crippen molar-refractivity contribution in [3.63, 3.8) is 0 Å². The van der Waals surface area contributed by atoms with Crippen molar-refractivity contribution in [3.05, 3.63) is 28.3 Å². The molecule has 0 radical (unpaired) electrons. The summed E-state index contributed by atoms with van der Waals surface area (Å²) in [5.41, 5.74) is 2.08. The van der Waals surface area contributed by atoms with Gasteiger partial charge in [-0.15, -0.1) is 0 Å². The van der Waals surface area contributed by atoms with Crippen LogP contribution in [0.1, 0.15) is 11.1 Å². The molecule has 1 aliphatic heterocycles. The van der Waals surface area contributed by atoms with Crippen LogP contribution in [0.4, 0.5) is 0 Å². The van der Waals surface area contributed by atoms with Crippen LogP contribution in [-0.4, -0.2) is 57.6 Å². The highest BCUT2D eigenvalue weighted by Gasteiger charge is 2.09. The number of rotatable bonds is 7. The van der Waals surface area contributed by atoms with Gasteiger partial charge in [0.25, 0.3) is 0 Å². The monoisotopic (exact) mass is 313 g/mol. The van der Waals surface area contributed by atoms with Gasteiger partial charge >= 0.3 is 0 Å². The lowest BCUT2D eigenvalue weighted by Gasteiger charge is -2.26. The number of ether oxygens (including phenoxy) is 3. The minimum atomic E-state index is 0.559. The van der Waals surface area contributed by atoms with Crippen LogP contribution in [0.3, 0.4) is 0 Å². The van der Waals surface area contributed by atoms with E-state index >= 15 is 0 Å². The minimum absolute atomic E-state index is 0.559. The van der Waals surface area contributed by atoms with Gasteiger partial charge in [-0.25, -0.2) is 0 Å². The van der Waals surface area contributed by atoms with Gasteiger partial charge in [0.05, 0.1) is 26.4 Å². The zero-order valence-corrected chi connectivity index (χ0v) is 13.6. The number of aryl methyl sites for hydroxylation is 2. The van der Waals surface area contributed by atoms with Gasteiger partial charge in [-0.05, 0) is 37.1 Å². The second kappa shape index (κ2) is 8.59. The van der Waals surface area contributed by atoms with Gasteiger partial charge in [-0.3, -0.25) is 4.90 Å². The second-order valence-corrected chi connectivity index (χ2v) is 5.66. The van der Waals surface area contributed by atoms with Crippen LogP contribution in [0.25, 0.3) is 0 Å². The highest BCUT2D eigenvalue weighted by molar-refractivity contribution is 6.32. The summed E-state index contributed by atoms with van der Waals surface area (Å²) in [5.74, 6) is 0.853. The van der Waals surface area contributed by atoms with E-state index in [0.29, 0.717) is 13.2 Å². The Balaban J connectivity index is 1.59. The molecule has 0 spiro atoms. The van der Waals surface area contributed by atoms with Crippen molar-refractivity contribution < 1.29 is 14.2 Å². The molecular weight excluding hydrogens is 290 g/mol. The van der Waals surface area contributed by atoms with Crippen LogP contribution in [0.2, 0.25) is 5.02 Å². The summed E-state index contributed by atoms with van der Waals surface area (Å²) in [7, 11) is 0. The molecule has 5 heteroatoms. The summed E-state index contributed by atoms with van der Waals surface area (Å²) >= 11 is 6.13. The predicted molar refractivity (Wildman–Crippen MR) is 84.5 cm³/mol. The van der Waals surface area contributed by atoms with Gasteiger partial charge < -0.3 is 14.2 Å². The molecule has 1 saturated heterocycles. The van der Waals surface area contributed by atoms with Gasteiger partial charge in [0.1, 0.15) is 12.4 Å². The van der Waals surface area contributed by atoms with Crippen LogP contribution < -0.4 is 4.74 Å². The van der Waals surface area contributed by atoms with Crippen LogP contribution in [0.5, 0.6) is 5.75 Å². The van der Waals surface area contributed by atoms with Crippen LogP contribution in [0, 0.1) is 13.8 Å². The van der Waals surface area contributed by atoms with E-state index in [-0.39, 0.29) is 0 Å². The average Bonchev–Trinajstić information content (AvgIpc) is 2.49. The van der Waals surface area contributed by atoms with Crippen LogP contribution >= 0.6 is 11.6 Å². The zero-order valence-electron chi connectivity index (χ0n) is 12.9. The van der Waals surface area contributed by atoms with Crippen molar-refractivity contribution in [1.82, 2.24) is 4.90 Å². The molecule has 118 valence electrons. The fraction of sp³-hybridized carbons (Fsp3) is 0.625. The summed E-state index contributed by atoms with van der Waals surface area (Å²) in [4.78, 5) is 2.36. The van der Waals surface area contributed by atoms with Crippen molar-refractivity contribution in [2.75, 3.05) is 52.7 Å². The summed E-state index contributed by atoms with van der Waals surface area (Å²) in [6.45, 7) is 10.5. The average molecular weight is 314 g/mol. The van der Waals surface area contributed by atoms with Crippen molar-refractivity contribution >= 4 is 11.6 Å². The van der Waals surface area contributed by atoms with E-state index in [2.05, 4.69) is 4.90 Å². The quantitative estimate of drug-likeness (QED) is 0.724. The normalized spacial score (nSPS) is 16.1. The Morgan fingerprint density at radius 1 is 1.10 bits per heavy atom. The Hall–Kier alpha value is -0.810. The van der Waals surface area contributed by atoms with Gasteiger partial charge in [-0.2, -0.15) is 0 Å². The lowest BCUT2D eigenvalue weighted by atomic mass is 10.1. The first kappa shape index (κ1) is 16.6. The Morgan fingerprint density at radius 2 is 1.76 bits per heavy atom. The second-order valence-electron chi connectivity index (χ2n) is 5.29. The van der Waals surface area contributed by atoms with Gasteiger partial charge in [-0.1, -0.05) is 11.6 Å². The zero-order chi connectivity index (χ0) is 15.1. The largest absolute Gasteiger partial charge is 0.491 e. The Labute approximate surface area is 131 Å². The van der Waals surface area contributed by atoms with E-state index in [4.69, 9.17) is 25.8 Å². The Bertz CT molecular complexity index is 424.